The Kier molecular flexibility index (Phi) is 5.49. The quantitative estimate of drug-likeness (QED) is 0.869. The minimum absolute atomic E-state index is 0.667. The zero-order valence-corrected chi connectivity index (χ0v) is 12.5. The number of benzene rings is 1. The number of likely N-dealkylation sites (N-methyl/N-ethyl adjacent to an activating group) is 1. The summed E-state index contributed by atoms with van der Waals surface area (Å²) in [7, 11) is 2.11. The maximum absolute atomic E-state index is 6.36. The second-order valence-corrected chi connectivity index (χ2v) is 5.70. The molecule has 0 unspecified atom stereocenters. The van der Waals surface area contributed by atoms with Crippen molar-refractivity contribution in [1.82, 2.24) is 4.90 Å². The van der Waals surface area contributed by atoms with Gasteiger partial charge in [0.2, 0.25) is 0 Å². The lowest BCUT2D eigenvalue weighted by molar-refractivity contribution is 0.346. The number of nitrogens with zero attached hydrogens (tertiary/aromatic N) is 2. The minimum atomic E-state index is 0.667. The SMILES string of the molecule is CN(CCN1CCCC1)c1ccc(CCN)cc1Cl. The highest BCUT2D eigenvalue weighted by atomic mass is 35.5. The van der Waals surface area contributed by atoms with E-state index in [0.717, 1.165) is 30.2 Å². The molecule has 0 aromatic heterocycles. The molecule has 1 aliphatic heterocycles. The van der Waals surface area contributed by atoms with Crippen LogP contribution in [-0.2, 0) is 6.42 Å². The first-order valence-corrected chi connectivity index (χ1v) is 7.50. The predicted molar refractivity (Wildman–Crippen MR) is 83.2 cm³/mol. The lowest BCUT2D eigenvalue weighted by Crippen LogP contribution is -2.31. The molecule has 19 heavy (non-hydrogen) atoms. The van der Waals surface area contributed by atoms with Gasteiger partial charge in [0.15, 0.2) is 0 Å². The van der Waals surface area contributed by atoms with Crippen LogP contribution >= 0.6 is 11.6 Å². The van der Waals surface area contributed by atoms with Crippen LogP contribution in [0.1, 0.15) is 18.4 Å². The van der Waals surface area contributed by atoms with Crippen LogP contribution in [0.2, 0.25) is 5.02 Å². The first-order valence-electron chi connectivity index (χ1n) is 7.12. The standard InChI is InChI=1S/C15H24ClN3/c1-18(10-11-19-8-2-3-9-19)15-5-4-13(6-7-17)12-14(15)16/h4-5,12H,2-3,6-11,17H2,1H3. The van der Waals surface area contributed by atoms with Crippen molar-refractivity contribution in [2.24, 2.45) is 5.73 Å². The first kappa shape index (κ1) is 14.6. The average Bonchev–Trinajstić information content (AvgIpc) is 2.89. The molecule has 0 saturated carbocycles. The van der Waals surface area contributed by atoms with Gasteiger partial charge in [0.1, 0.15) is 0 Å². The van der Waals surface area contributed by atoms with Gasteiger partial charge >= 0.3 is 0 Å². The van der Waals surface area contributed by atoms with Gasteiger partial charge in [0.25, 0.3) is 0 Å². The maximum Gasteiger partial charge on any atom is 0.0642 e. The number of likely N-dealkylation sites (tertiary alicyclic amines) is 1. The van der Waals surface area contributed by atoms with E-state index in [0.29, 0.717) is 6.54 Å². The molecule has 2 N–H and O–H groups in total. The molecular weight excluding hydrogens is 258 g/mol. The van der Waals surface area contributed by atoms with Gasteiger partial charge in [-0.05, 0) is 56.6 Å². The zero-order chi connectivity index (χ0) is 13.7. The number of hydrogen-bond donors (Lipinski definition) is 1. The number of hydrogen-bond acceptors (Lipinski definition) is 3. The van der Waals surface area contributed by atoms with Gasteiger partial charge in [-0.15, -0.1) is 0 Å². The van der Waals surface area contributed by atoms with Crippen LogP contribution in [0.25, 0.3) is 0 Å². The van der Waals surface area contributed by atoms with E-state index in [4.69, 9.17) is 17.3 Å². The summed E-state index contributed by atoms with van der Waals surface area (Å²) in [6.07, 6.45) is 3.58. The third-order valence-corrected chi connectivity index (χ3v) is 4.11. The van der Waals surface area contributed by atoms with Crippen molar-refractivity contribution in [2.75, 3.05) is 44.7 Å². The average molecular weight is 282 g/mol. The van der Waals surface area contributed by atoms with Crippen LogP contribution in [0.5, 0.6) is 0 Å². The number of rotatable bonds is 6. The van der Waals surface area contributed by atoms with Gasteiger partial charge in [-0.2, -0.15) is 0 Å². The molecule has 1 saturated heterocycles. The fourth-order valence-electron chi connectivity index (χ4n) is 2.60. The summed E-state index contributed by atoms with van der Waals surface area (Å²) in [6.45, 7) is 5.31. The van der Waals surface area contributed by atoms with E-state index in [1.54, 1.807) is 0 Å². The van der Waals surface area contributed by atoms with Gasteiger partial charge < -0.3 is 15.5 Å². The normalized spacial score (nSPS) is 15.9. The van der Waals surface area contributed by atoms with E-state index < -0.39 is 0 Å². The number of nitrogens with two attached hydrogens (primary N) is 1. The van der Waals surface area contributed by atoms with E-state index in [2.05, 4.69) is 29.0 Å². The predicted octanol–water partition coefficient (Wildman–Crippen LogP) is 2.37. The molecule has 0 atom stereocenters. The molecule has 1 heterocycles. The maximum atomic E-state index is 6.36. The van der Waals surface area contributed by atoms with Crippen LogP contribution in [0.15, 0.2) is 18.2 Å². The van der Waals surface area contributed by atoms with Crippen LogP contribution in [0.3, 0.4) is 0 Å². The summed E-state index contributed by atoms with van der Waals surface area (Å²) in [6, 6.07) is 6.27. The van der Waals surface area contributed by atoms with Crippen LogP contribution in [-0.4, -0.2) is 44.7 Å². The van der Waals surface area contributed by atoms with E-state index in [9.17, 15) is 0 Å². The largest absolute Gasteiger partial charge is 0.372 e. The van der Waals surface area contributed by atoms with Gasteiger partial charge in [-0.1, -0.05) is 17.7 Å². The Bertz CT molecular complexity index is 402. The zero-order valence-electron chi connectivity index (χ0n) is 11.7. The minimum Gasteiger partial charge on any atom is -0.372 e. The van der Waals surface area contributed by atoms with Crippen molar-refractivity contribution in [3.05, 3.63) is 28.8 Å². The highest BCUT2D eigenvalue weighted by molar-refractivity contribution is 6.33. The van der Waals surface area contributed by atoms with Crippen LogP contribution in [0.4, 0.5) is 5.69 Å². The molecule has 1 aliphatic rings. The molecule has 0 aliphatic carbocycles. The molecule has 1 aromatic carbocycles. The van der Waals surface area contributed by atoms with Crippen LogP contribution < -0.4 is 10.6 Å². The Balaban J connectivity index is 1.92. The highest BCUT2D eigenvalue weighted by Gasteiger charge is 2.13. The van der Waals surface area contributed by atoms with Crippen molar-refractivity contribution in [3.8, 4) is 0 Å². The third kappa shape index (κ3) is 4.10. The molecule has 0 spiro atoms. The van der Waals surface area contributed by atoms with Gasteiger partial charge in [0.05, 0.1) is 10.7 Å². The molecule has 0 amide bonds. The topological polar surface area (TPSA) is 32.5 Å². The molecule has 4 heteroatoms. The Morgan fingerprint density at radius 2 is 2.05 bits per heavy atom. The monoisotopic (exact) mass is 281 g/mol. The van der Waals surface area contributed by atoms with Gasteiger partial charge in [-0.25, -0.2) is 0 Å². The summed E-state index contributed by atoms with van der Waals surface area (Å²) in [4.78, 5) is 4.76. The molecule has 0 radical (unpaired) electrons. The van der Waals surface area contributed by atoms with E-state index >= 15 is 0 Å². The van der Waals surface area contributed by atoms with E-state index in [-0.39, 0.29) is 0 Å². The van der Waals surface area contributed by atoms with Crippen LogP contribution in [0, 0.1) is 0 Å². The molecule has 3 nitrogen and oxygen atoms in total. The van der Waals surface area contributed by atoms with E-state index in [1.807, 2.05) is 6.07 Å². The van der Waals surface area contributed by atoms with E-state index in [1.165, 1.54) is 31.5 Å². The summed E-state index contributed by atoms with van der Waals surface area (Å²) < 4.78 is 0. The Morgan fingerprint density at radius 3 is 2.68 bits per heavy atom. The Hall–Kier alpha value is -0.770. The lowest BCUT2D eigenvalue weighted by Gasteiger charge is -2.24. The molecule has 2 rings (SSSR count). The summed E-state index contributed by atoms with van der Waals surface area (Å²) >= 11 is 6.36. The molecule has 1 fully saturated rings. The van der Waals surface area contributed by atoms with Crippen molar-refractivity contribution in [3.63, 3.8) is 0 Å². The molecular formula is C15H24ClN3. The summed E-state index contributed by atoms with van der Waals surface area (Å²) in [5, 5.41) is 0.829. The van der Waals surface area contributed by atoms with Crippen molar-refractivity contribution in [2.45, 2.75) is 19.3 Å². The summed E-state index contributed by atoms with van der Waals surface area (Å²) in [5.74, 6) is 0. The lowest BCUT2D eigenvalue weighted by atomic mass is 10.1. The smallest absolute Gasteiger partial charge is 0.0642 e. The molecule has 1 aromatic rings. The molecule has 0 bridgehead atoms. The first-order chi connectivity index (χ1) is 9.20. The Morgan fingerprint density at radius 1 is 1.32 bits per heavy atom. The number of anilines is 1. The Labute approximate surface area is 121 Å². The number of halogens is 1. The summed E-state index contributed by atoms with van der Waals surface area (Å²) in [5.41, 5.74) is 7.89. The highest BCUT2D eigenvalue weighted by Crippen LogP contribution is 2.26. The van der Waals surface area contributed by atoms with Crippen molar-refractivity contribution < 1.29 is 0 Å². The molecule has 106 valence electrons. The fraction of sp³-hybridized carbons (Fsp3) is 0.600. The van der Waals surface area contributed by atoms with Gasteiger partial charge in [0, 0.05) is 20.1 Å². The fourth-order valence-corrected chi connectivity index (χ4v) is 2.95. The second-order valence-electron chi connectivity index (χ2n) is 5.29. The van der Waals surface area contributed by atoms with Crippen molar-refractivity contribution in [1.29, 1.82) is 0 Å². The van der Waals surface area contributed by atoms with Crippen molar-refractivity contribution >= 4 is 17.3 Å². The third-order valence-electron chi connectivity index (χ3n) is 3.81. The van der Waals surface area contributed by atoms with Gasteiger partial charge in [-0.3, -0.25) is 0 Å². The second kappa shape index (κ2) is 7.13.